The van der Waals surface area contributed by atoms with E-state index in [1.54, 1.807) is 19.1 Å². The molecule has 2 heterocycles. The molecule has 0 saturated heterocycles. The average Bonchev–Trinajstić information content (AvgIpc) is 3.46. The molecule has 1 saturated carbocycles. The van der Waals surface area contributed by atoms with Crippen molar-refractivity contribution < 1.29 is 33.8 Å². The van der Waals surface area contributed by atoms with Crippen LogP contribution in [0.4, 0.5) is 9.18 Å². The largest absolute Gasteiger partial charge is 0.494 e. The van der Waals surface area contributed by atoms with Gasteiger partial charge in [0.25, 0.3) is 5.91 Å². The Hall–Kier alpha value is -3.84. The van der Waals surface area contributed by atoms with Crippen LogP contribution in [0.15, 0.2) is 29.4 Å². The monoisotopic (exact) mass is 558 g/mol. The summed E-state index contributed by atoms with van der Waals surface area (Å²) in [5.74, 6) is -0.0969. The Kier molecular flexibility index (Phi) is 9.83. The lowest BCUT2D eigenvalue weighted by molar-refractivity contribution is 0.0238. The van der Waals surface area contributed by atoms with Crippen LogP contribution in [0.5, 0.6) is 5.75 Å². The number of oxime groups is 1. The van der Waals surface area contributed by atoms with E-state index in [9.17, 15) is 14.0 Å². The van der Waals surface area contributed by atoms with Gasteiger partial charge in [-0.05, 0) is 62.3 Å². The molecule has 0 bridgehead atoms. The number of methoxy groups -OCH3 is 1. The number of nitrogens with zero attached hydrogens (tertiary/aromatic N) is 3. The Morgan fingerprint density at radius 3 is 2.60 bits per heavy atom. The van der Waals surface area contributed by atoms with Gasteiger partial charge in [0.2, 0.25) is 0 Å². The van der Waals surface area contributed by atoms with Crippen molar-refractivity contribution in [2.45, 2.75) is 63.8 Å². The van der Waals surface area contributed by atoms with Crippen LogP contribution >= 0.6 is 0 Å². The van der Waals surface area contributed by atoms with Gasteiger partial charge in [-0.2, -0.15) is 0 Å². The highest BCUT2D eigenvalue weighted by Crippen LogP contribution is 2.33. The van der Waals surface area contributed by atoms with Crippen molar-refractivity contribution in [1.82, 2.24) is 25.9 Å². The van der Waals surface area contributed by atoms with Crippen molar-refractivity contribution in [2.24, 2.45) is 11.1 Å². The van der Waals surface area contributed by atoms with Gasteiger partial charge >= 0.3 is 6.03 Å². The Morgan fingerprint density at radius 2 is 1.90 bits per heavy atom. The number of amides is 3. The zero-order chi connectivity index (χ0) is 28.6. The van der Waals surface area contributed by atoms with Crippen molar-refractivity contribution in [1.29, 1.82) is 0 Å². The van der Waals surface area contributed by atoms with Crippen molar-refractivity contribution >= 4 is 17.6 Å². The van der Waals surface area contributed by atoms with Crippen LogP contribution in [-0.2, 0) is 11.4 Å². The van der Waals surface area contributed by atoms with Gasteiger partial charge in [0.15, 0.2) is 11.6 Å². The van der Waals surface area contributed by atoms with E-state index in [1.165, 1.54) is 19.2 Å². The highest BCUT2D eigenvalue weighted by Gasteiger charge is 2.34. The average molecular weight is 559 g/mol. The Balaban J connectivity index is 1.29. The number of aryl methyl sites for hydroxylation is 1. The van der Waals surface area contributed by atoms with Gasteiger partial charge in [0.1, 0.15) is 23.3 Å². The molecule has 2 aliphatic rings. The molecule has 13 heteroatoms. The predicted octanol–water partition coefficient (Wildman–Crippen LogP) is 1.57. The normalized spacial score (nSPS) is 20.4. The first kappa shape index (κ1) is 29.2. The molecule has 40 heavy (non-hydrogen) atoms. The van der Waals surface area contributed by atoms with E-state index in [4.69, 9.17) is 19.8 Å². The van der Waals surface area contributed by atoms with E-state index in [2.05, 4.69) is 31.1 Å². The van der Waals surface area contributed by atoms with E-state index in [0.29, 0.717) is 29.2 Å². The van der Waals surface area contributed by atoms with E-state index >= 15 is 0 Å². The first-order valence-corrected chi connectivity index (χ1v) is 13.3. The Morgan fingerprint density at radius 1 is 1.15 bits per heavy atom. The lowest BCUT2D eigenvalue weighted by Gasteiger charge is -2.31. The van der Waals surface area contributed by atoms with Crippen molar-refractivity contribution in [3.05, 3.63) is 52.9 Å². The Labute approximate surface area is 231 Å². The quantitative estimate of drug-likeness (QED) is 0.293. The zero-order valence-corrected chi connectivity index (χ0v) is 22.5. The molecular weight excluding hydrogens is 523 g/mol. The van der Waals surface area contributed by atoms with E-state index in [-0.39, 0.29) is 49.3 Å². The number of aliphatic hydroxyl groups excluding tert-OH is 2. The highest BCUT2D eigenvalue weighted by molar-refractivity contribution is 6.01. The van der Waals surface area contributed by atoms with Crippen molar-refractivity contribution in [2.75, 3.05) is 20.3 Å². The number of halogens is 1. The summed E-state index contributed by atoms with van der Waals surface area (Å²) in [6, 6.07) is 4.88. The molecule has 0 spiro atoms. The number of hydrogen-bond donors (Lipinski definition) is 5. The summed E-state index contributed by atoms with van der Waals surface area (Å²) in [4.78, 5) is 39.4. The topological polar surface area (TPSA) is 167 Å². The molecule has 4 rings (SSSR count). The fraction of sp³-hybridized carbons (Fsp3) is 0.519. The second-order valence-corrected chi connectivity index (χ2v) is 10.0. The van der Waals surface area contributed by atoms with Gasteiger partial charge in [0.05, 0.1) is 32.1 Å². The summed E-state index contributed by atoms with van der Waals surface area (Å²) in [5, 5.41) is 30.7. The zero-order valence-electron chi connectivity index (χ0n) is 22.5. The van der Waals surface area contributed by atoms with Gasteiger partial charge in [0, 0.05) is 19.0 Å². The SMILES string of the molecule is COc1cc(CNC(=O)c2cc(C3=NOC([C@H]4CC[C@H](NC(=O)NC(CO)CO)CC4)C3)nc(C)n2)ccc1F. The second kappa shape index (κ2) is 13.5. The van der Waals surface area contributed by atoms with E-state index < -0.39 is 23.8 Å². The minimum atomic E-state index is -0.685. The summed E-state index contributed by atoms with van der Waals surface area (Å²) in [6.07, 6.45) is 3.64. The minimum absolute atomic E-state index is 0.00217. The molecule has 216 valence electrons. The molecule has 1 atom stereocenters. The third-order valence-corrected chi connectivity index (χ3v) is 7.14. The van der Waals surface area contributed by atoms with Crippen LogP contribution in [0, 0.1) is 18.7 Å². The summed E-state index contributed by atoms with van der Waals surface area (Å²) in [5.41, 5.74) is 2.04. The molecule has 3 amide bonds. The van der Waals surface area contributed by atoms with Crippen LogP contribution in [-0.4, -0.2) is 76.3 Å². The molecular formula is C27H35FN6O6. The summed E-state index contributed by atoms with van der Waals surface area (Å²) in [7, 11) is 1.38. The Bertz CT molecular complexity index is 1230. The van der Waals surface area contributed by atoms with Crippen LogP contribution in [0.1, 0.15) is 59.7 Å². The third kappa shape index (κ3) is 7.42. The molecule has 12 nitrogen and oxygen atoms in total. The molecule has 1 aromatic carbocycles. The second-order valence-electron chi connectivity index (χ2n) is 10.0. The fourth-order valence-corrected chi connectivity index (χ4v) is 4.92. The van der Waals surface area contributed by atoms with Crippen molar-refractivity contribution in [3.8, 4) is 5.75 Å². The van der Waals surface area contributed by atoms with Crippen LogP contribution in [0.2, 0.25) is 0 Å². The van der Waals surface area contributed by atoms with Gasteiger partial charge in [-0.3, -0.25) is 4.79 Å². The molecule has 1 unspecified atom stereocenters. The number of rotatable bonds is 10. The fourth-order valence-electron chi connectivity index (χ4n) is 4.92. The number of nitrogens with one attached hydrogen (secondary N) is 3. The molecule has 1 aliphatic carbocycles. The molecule has 2 aromatic rings. The van der Waals surface area contributed by atoms with Crippen LogP contribution in [0.25, 0.3) is 0 Å². The maximum absolute atomic E-state index is 13.7. The summed E-state index contributed by atoms with van der Waals surface area (Å²) < 4.78 is 18.6. The van der Waals surface area contributed by atoms with Crippen LogP contribution in [0.3, 0.4) is 0 Å². The van der Waals surface area contributed by atoms with Crippen molar-refractivity contribution in [3.63, 3.8) is 0 Å². The molecule has 0 radical (unpaired) electrons. The maximum atomic E-state index is 13.7. The maximum Gasteiger partial charge on any atom is 0.315 e. The lowest BCUT2D eigenvalue weighted by atomic mass is 9.81. The third-order valence-electron chi connectivity index (χ3n) is 7.14. The lowest BCUT2D eigenvalue weighted by Crippen LogP contribution is -2.49. The molecule has 1 aliphatic heterocycles. The minimum Gasteiger partial charge on any atom is -0.494 e. The van der Waals surface area contributed by atoms with Gasteiger partial charge in [-0.1, -0.05) is 11.2 Å². The van der Waals surface area contributed by atoms with Gasteiger partial charge in [-0.25, -0.2) is 19.2 Å². The number of hydrogen-bond acceptors (Lipinski definition) is 9. The number of carbonyl (C=O) groups is 2. The van der Waals surface area contributed by atoms with Crippen LogP contribution < -0.4 is 20.7 Å². The number of aromatic nitrogens is 2. The number of ether oxygens (including phenoxy) is 1. The summed E-state index contributed by atoms with van der Waals surface area (Å²) >= 11 is 0. The van der Waals surface area contributed by atoms with E-state index in [1.807, 2.05) is 0 Å². The van der Waals surface area contributed by atoms with E-state index in [0.717, 1.165) is 25.7 Å². The smallest absolute Gasteiger partial charge is 0.315 e. The number of carbonyl (C=O) groups excluding carboxylic acids is 2. The molecule has 5 N–H and O–H groups in total. The van der Waals surface area contributed by atoms with Gasteiger partial charge < -0.3 is 35.7 Å². The molecule has 1 fully saturated rings. The number of benzene rings is 1. The van der Waals surface area contributed by atoms with Gasteiger partial charge in [-0.15, -0.1) is 0 Å². The molecule has 1 aromatic heterocycles. The predicted molar refractivity (Wildman–Crippen MR) is 142 cm³/mol. The highest BCUT2D eigenvalue weighted by atomic mass is 19.1. The number of urea groups is 1. The first-order valence-electron chi connectivity index (χ1n) is 13.3. The summed E-state index contributed by atoms with van der Waals surface area (Å²) in [6.45, 7) is 1.21. The first-order chi connectivity index (χ1) is 19.3. The number of aliphatic hydroxyl groups is 2. The standard InChI is InChI=1S/C27H35FN6O6/c1-15-30-21(10-23(31-15)26(37)29-12-16-3-8-20(28)25(9-16)39-2)22-11-24(40-34-22)17-4-6-18(7-5-17)32-27(38)33-19(13-35)14-36/h3,8-10,17-19,24,35-36H,4-7,11-14H2,1-2H3,(H,29,37)(H2,32,33,38)/t17-,18-,24?.